The Morgan fingerprint density at radius 2 is 1.93 bits per heavy atom. The maximum Gasteiger partial charge on any atom is 0.200 e. The van der Waals surface area contributed by atoms with Crippen molar-refractivity contribution in [2.75, 3.05) is 20.7 Å². The Morgan fingerprint density at radius 1 is 1.15 bits per heavy atom. The molecule has 0 unspecified atom stereocenters. The number of fused-ring (bicyclic) bond motifs is 1. The summed E-state index contributed by atoms with van der Waals surface area (Å²) < 4.78 is 11.2. The molecule has 0 aliphatic heterocycles. The van der Waals surface area contributed by atoms with Crippen LogP contribution in [0.3, 0.4) is 0 Å². The fourth-order valence-electron chi connectivity index (χ4n) is 3.23. The van der Waals surface area contributed by atoms with Gasteiger partial charge < -0.3 is 19.2 Å². The maximum absolute atomic E-state index is 13.1. The SMILES string of the molecule is CCCCN(C)Cc1c(O)ccc2c(=O)c(-c3ccccc3OC)coc12. The van der Waals surface area contributed by atoms with Crippen LogP contribution in [0, 0.1) is 0 Å². The topological polar surface area (TPSA) is 62.9 Å². The summed E-state index contributed by atoms with van der Waals surface area (Å²) >= 11 is 0. The van der Waals surface area contributed by atoms with E-state index in [1.165, 1.54) is 6.26 Å². The van der Waals surface area contributed by atoms with E-state index in [0.29, 0.717) is 40.0 Å². The van der Waals surface area contributed by atoms with Crippen LogP contribution in [0.15, 0.2) is 51.9 Å². The largest absolute Gasteiger partial charge is 0.507 e. The molecule has 1 heterocycles. The van der Waals surface area contributed by atoms with Crippen LogP contribution in [0.4, 0.5) is 0 Å². The van der Waals surface area contributed by atoms with Gasteiger partial charge in [0.15, 0.2) is 0 Å². The van der Waals surface area contributed by atoms with Gasteiger partial charge in [0, 0.05) is 12.1 Å². The number of phenols is 1. The molecule has 27 heavy (non-hydrogen) atoms. The van der Waals surface area contributed by atoms with Gasteiger partial charge in [0.25, 0.3) is 0 Å². The van der Waals surface area contributed by atoms with E-state index in [9.17, 15) is 9.90 Å². The molecule has 1 N–H and O–H groups in total. The van der Waals surface area contributed by atoms with Gasteiger partial charge in [-0.25, -0.2) is 0 Å². The van der Waals surface area contributed by atoms with E-state index in [1.54, 1.807) is 19.2 Å². The van der Waals surface area contributed by atoms with Gasteiger partial charge in [-0.2, -0.15) is 0 Å². The lowest BCUT2D eigenvalue weighted by Gasteiger charge is -2.18. The van der Waals surface area contributed by atoms with Gasteiger partial charge in [-0.3, -0.25) is 4.79 Å². The molecule has 0 bridgehead atoms. The predicted molar refractivity (Wildman–Crippen MR) is 107 cm³/mol. The predicted octanol–water partition coefficient (Wildman–Crippen LogP) is 4.41. The highest BCUT2D eigenvalue weighted by Crippen LogP contribution is 2.32. The maximum atomic E-state index is 13.1. The summed E-state index contributed by atoms with van der Waals surface area (Å²) in [4.78, 5) is 15.2. The van der Waals surface area contributed by atoms with Crippen molar-refractivity contribution in [3.63, 3.8) is 0 Å². The molecule has 5 heteroatoms. The minimum Gasteiger partial charge on any atom is -0.507 e. The van der Waals surface area contributed by atoms with Gasteiger partial charge in [-0.1, -0.05) is 31.5 Å². The minimum atomic E-state index is -0.141. The second kappa shape index (κ2) is 8.27. The zero-order chi connectivity index (χ0) is 19.4. The third kappa shape index (κ3) is 3.83. The first-order chi connectivity index (χ1) is 13.1. The lowest BCUT2D eigenvalue weighted by atomic mass is 10.0. The number of nitrogens with zero attached hydrogens (tertiary/aromatic N) is 1. The zero-order valence-electron chi connectivity index (χ0n) is 16.0. The van der Waals surface area contributed by atoms with Crippen molar-refractivity contribution in [3.05, 3.63) is 58.4 Å². The Balaban J connectivity index is 2.10. The molecule has 5 nitrogen and oxygen atoms in total. The molecule has 0 fully saturated rings. The van der Waals surface area contributed by atoms with Crippen LogP contribution in [-0.4, -0.2) is 30.7 Å². The molecule has 1 aromatic heterocycles. The van der Waals surface area contributed by atoms with Crippen molar-refractivity contribution in [1.82, 2.24) is 4.90 Å². The molecule has 0 aliphatic rings. The molecule has 0 spiro atoms. The normalized spacial score (nSPS) is 11.3. The molecule has 0 atom stereocenters. The highest BCUT2D eigenvalue weighted by atomic mass is 16.5. The average Bonchev–Trinajstić information content (AvgIpc) is 2.69. The first kappa shape index (κ1) is 19.0. The van der Waals surface area contributed by atoms with Crippen molar-refractivity contribution >= 4 is 11.0 Å². The highest BCUT2D eigenvalue weighted by molar-refractivity contribution is 5.86. The summed E-state index contributed by atoms with van der Waals surface area (Å²) in [6.45, 7) is 3.57. The van der Waals surface area contributed by atoms with Gasteiger partial charge in [0.05, 0.1) is 23.6 Å². The fourth-order valence-corrected chi connectivity index (χ4v) is 3.23. The van der Waals surface area contributed by atoms with Gasteiger partial charge in [-0.15, -0.1) is 0 Å². The number of aromatic hydroxyl groups is 1. The minimum absolute atomic E-state index is 0.138. The van der Waals surface area contributed by atoms with Crippen LogP contribution in [0.5, 0.6) is 11.5 Å². The summed E-state index contributed by atoms with van der Waals surface area (Å²) in [7, 11) is 3.57. The Kier molecular flexibility index (Phi) is 5.81. The third-order valence-electron chi connectivity index (χ3n) is 4.74. The number of hydrogen-bond acceptors (Lipinski definition) is 5. The molecular weight excluding hydrogens is 342 g/mol. The number of benzene rings is 2. The first-order valence-electron chi connectivity index (χ1n) is 9.15. The Morgan fingerprint density at radius 3 is 2.67 bits per heavy atom. The number of unbranched alkanes of at least 4 members (excludes halogenated alkanes) is 1. The van der Waals surface area contributed by atoms with Crippen LogP contribution in [0.1, 0.15) is 25.3 Å². The molecular formula is C22H25NO4. The summed E-state index contributed by atoms with van der Waals surface area (Å²) in [5.74, 6) is 0.751. The number of methoxy groups -OCH3 is 1. The third-order valence-corrected chi connectivity index (χ3v) is 4.74. The summed E-state index contributed by atoms with van der Waals surface area (Å²) in [6.07, 6.45) is 3.63. The molecule has 0 aliphatic carbocycles. The van der Waals surface area contributed by atoms with E-state index in [2.05, 4.69) is 11.8 Å². The molecule has 2 aromatic carbocycles. The van der Waals surface area contributed by atoms with E-state index in [-0.39, 0.29) is 11.2 Å². The highest BCUT2D eigenvalue weighted by Gasteiger charge is 2.17. The molecule has 0 amide bonds. The monoisotopic (exact) mass is 367 g/mol. The zero-order valence-corrected chi connectivity index (χ0v) is 16.0. The van der Waals surface area contributed by atoms with Gasteiger partial charge in [0.2, 0.25) is 5.43 Å². The summed E-state index contributed by atoms with van der Waals surface area (Å²) in [6, 6.07) is 10.5. The second-order valence-corrected chi connectivity index (χ2v) is 6.71. The van der Waals surface area contributed by atoms with E-state index < -0.39 is 0 Å². The Bertz CT molecular complexity index is 993. The van der Waals surface area contributed by atoms with Crippen molar-refractivity contribution in [2.24, 2.45) is 0 Å². The van der Waals surface area contributed by atoms with E-state index >= 15 is 0 Å². The summed E-state index contributed by atoms with van der Waals surface area (Å²) in [5.41, 5.74) is 2.05. The van der Waals surface area contributed by atoms with Gasteiger partial charge in [0.1, 0.15) is 23.3 Å². The lowest BCUT2D eigenvalue weighted by molar-refractivity contribution is 0.314. The van der Waals surface area contributed by atoms with E-state index in [1.807, 2.05) is 31.3 Å². The smallest absolute Gasteiger partial charge is 0.200 e. The van der Waals surface area contributed by atoms with Crippen LogP contribution in [0.2, 0.25) is 0 Å². The van der Waals surface area contributed by atoms with Crippen LogP contribution >= 0.6 is 0 Å². The Labute approximate surface area is 158 Å². The first-order valence-corrected chi connectivity index (χ1v) is 9.15. The average molecular weight is 367 g/mol. The Hall–Kier alpha value is -2.79. The fraction of sp³-hybridized carbons (Fsp3) is 0.318. The number of hydrogen-bond donors (Lipinski definition) is 1. The van der Waals surface area contributed by atoms with Crippen molar-refractivity contribution < 1.29 is 14.3 Å². The number of rotatable bonds is 7. The molecule has 142 valence electrons. The van der Waals surface area contributed by atoms with E-state index in [0.717, 1.165) is 19.4 Å². The number of para-hydroxylation sites is 1. The molecule has 0 saturated carbocycles. The van der Waals surface area contributed by atoms with Crippen LogP contribution in [0.25, 0.3) is 22.1 Å². The second-order valence-electron chi connectivity index (χ2n) is 6.71. The quantitative estimate of drug-likeness (QED) is 0.670. The van der Waals surface area contributed by atoms with Gasteiger partial charge >= 0.3 is 0 Å². The number of phenolic OH excluding ortho intramolecular Hbond substituents is 1. The van der Waals surface area contributed by atoms with Crippen LogP contribution in [-0.2, 0) is 6.54 Å². The molecule has 3 rings (SSSR count). The van der Waals surface area contributed by atoms with Gasteiger partial charge in [-0.05, 0) is 38.2 Å². The van der Waals surface area contributed by atoms with Crippen molar-refractivity contribution in [2.45, 2.75) is 26.3 Å². The summed E-state index contributed by atoms with van der Waals surface area (Å²) in [5, 5.41) is 10.8. The van der Waals surface area contributed by atoms with Crippen molar-refractivity contribution in [1.29, 1.82) is 0 Å². The molecule has 0 saturated heterocycles. The molecule has 3 aromatic rings. The lowest BCUT2D eigenvalue weighted by Crippen LogP contribution is -2.19. The standard InChI is InChI=1S/C22H25NO4/c1-4-5-12-23(2)13-17-19(24)11-10-16-21(25)18(14-27-22(16)17)15-8-6-7-9-20(15)26-3/h6-11,14,24H,4-5,12-13H2,1-3H3. The van der Waals surface area contributed by atoms with Crippen LogP contribution < -0.4 is 10.2 Å². The van der Waals surface area contributed by atoms with Crippen molar-refractivity contribution in [3.8, 4) is 22.6 Å². The van der Waals surface area contributed by atoms with E-state index in [4.69, 9.17) is 9.15 Å². The number of ether oxygens (including phenoxy) is 1. The molecule has 0 radical (unpaired) electrons.